The van der Waals surface area contributed by atoms with Crippen molar-refractivity contribution in [3.63, 3.8) is 0 Å². The van der Waals surface area contributed by atoms with Gasteiger partial charge in [-0.2, -0.15) is 0 Å². The molecule has 1 aliphatic heterocycles. The van der Waals surface area contributed by atoms with Crippen molar-refractivity contribution < 1.29 is 16.1 Å². The van der Waals surface area contributed by atoms with Crippen molar-refractivity contribution in [1.82, 2.24) is 0 Å². The minimum atomic E-state index is -0.190. The summed E-state index contributed by atoms with van der Waals surface area (Å²) < 4.78 is 6.04. The predicted octanol–water partition coefficient (Wildman–Crippen LogP) is 7.99. The molecule has 3 fully saturated rings. The van der Waals surface area contributed by atoms with Crippen LogP contribution in [0, 0.1) is 46.3 Å². The molecule has 3 nitrogen and oxygen atoms in total. The maximum absolute atomic E-state index is 12.6. The summed E-state index contributed by atoms with van der Waals surface area (Å²) in [6, 6.07) is 0. The second-order valence-corrected chi connectivity index (χ2v) is 13.0. The molecule has 0 aromatic heterocycles. The molecule has 1 heterocycles. The highest BCUT2D eigenvalue weighted by molar-refractivity contribution is 5.90. The van der Waals surface area contributed by atoms with Gasteiger partial charge in [0.15, 0.2) is 0 Å². The fraction of sp³-hybridized carbons (Fsp3) is 0.844. The Hall–Kier alpha value is -1.03. The van der Waals surface area contributed by atoms with Crippen LogP contribution < -0.4 is 0 Å². The molecule has 3 saturated carbocycles. The molecule has 4 heteroatoms. The number of allylic oxidation sites excluding steroid dienone is 1. The molecule has 1 N–H and O–H groups in total. The number of aliphatic hydroxyl groups is 1. The van der Waals surface area contributed by atoms with Crippen molar-refractivity contribution in [3.05, 3.63) is 22.8 Å². The largest absolute Gasteiger partial charge is 0.458 e. The molecular weight excluding hydrogens is 443 g/mol. The molecule has 10 atom stereocenters. The Kier molecular flexibility index (Phi) is 9.52. The second kappa shape index (κ2) is 11.0. The molecule has 0 amide bonds. The van der Waals surface area contributed by atoms with Gasteiger partial charge >= 0.3 is 5.97 Å². The lowest BCUT2D eigenvalue weighted by molar-refractivity contribution is -0.152. The number of hydrogen-bond donors (Lipinski definition) is 1. The average molecular weight is 501 g/mol. The maximum atomic E-state index is 12.6. The molecule has 5 unspecified atom stereocenters. The van der Waals surface area contributed by atoms with E-state index in [2.05, 4.69) is 47.6 Å². The zero-order valence-electron chi connectivity index (χ0n) is 22.4. The first-order valence-corrected chi connectivity index (χ1v) is 13.9. The summed E-state index contributed by atoms with van der Waals surface area (Å²) in [5, 5.41) is 11.3. The van der Waals surface area contributed by atoms with Gasteiger partial charge in [-0.3, -0.25) is 0 Å². The smallest absolute Gasteiger partial charge is 0.334 e. The molecule has 5 aliphatic rings. The van der Waals surface area contributed by atoms with Gasteiger partial charge in [-0.25, -0.2) is 4.79 Å². The summed E-state index contributed by atoms with van der Waals surface area (Å²) in [7, 11) is 0. The third-order valence-corrected chi connectivity index (χ3v) is 11.6. The van der Waals surface area contributed by atoms with Gasteiger partial charge in [-0.1, -0.05) is 66.7 Å². The van der Waals surface area contributed by atoms with E-state index in [1.54, 1.807) is 5.57 Å². The van der Waals surface area contributed by atoms with Crippen LogP contribution in [0.25, 0.3) is 0 Å². The van der Waals surface area contributed by atoms with Gasteiger partial charge in [0, 0.05) is 27.2 Å². The van der Waals surface area contributed by atoms with Crippen molar-refractivity contribution in [3.8, 4) is 0 Å². The van der Waals surface area contributed by atoms with Gasteiger partial charge in [0.2, 0.25) is 0 Å². The van der Waals surface area contributed by atoms with Gasteiger partial charge in [0.25, 0.3) is 0 Å². The Labute approximate surface area is 226 Å². The lowest BCUT2D eigenvalue weighted by Crippen LogP contribution is -2.55. The molecule has 0 bridgehead atoms. The number of cyclic esters (lactones) is 1. The number of fused-ring (bicyclic) bond motifs is 5. The van der Waals surface area contributed by atoms with E-state index in [0.29, 0.717) is 35.0 Å². The van der Waals surface area contributed by atoms with Crippen LogP contribution in [-0.4, -0.2) is 31.7 Å². The predicted molar refractivity (Wildman–Crippen MR) is 154 cm³/mol. The second-order valence-electron chi connectivity index (χ2n) is 13.0. The fourth-order valence-electron chi connectivity index (χ4n) is 9.70. The minimum absolute atomic E-state index is 0. The van der Waals surface area contributed by atoms with Gasteiger partial charge in [-0.05, 0) is 99.2 Å². The van der Waals surface area contributed by atoms with Crippen molar-refractivity contribution >= 4 is 14.4 Å². The third kappa shape index (κ3) is 4.46. The number of rotatable bonds is 3. The van der Waals surface area contributed by atoms with Crippen LogP contribution >= 0.6 is 0 Å². The monoisotopic (exact) mass is 500 g/mol. The number of carbonyl (C=O) groups is 1. The van der Waals surface area contributed by atoms with Gasteiger partial charge in [0.05, 0.1) is 6.10 Å². The van der Waals surface area contributed by atoms with Crippen LogP contribution in [0.1, 0.15) is 116 Å². The van der Waals surface area contributed by atoms with E-state index in [9.17, 15) is 9.90 Å². The van der Waals surface area contributed by atoms with Crippen LogP contribution in [0.4, 0.5) is 0 Å². The zero-order chi connectivity index (χ0) is 23.7. The summed E-state index contributed by atoms with van der Waals surface area (Å²) in [6.07, 6.45) is 12.5. The summed E-state index contributed by atoms with van der Waals surface area (Å²) in [5.41, 5.74) is 4.01. The lowest BCUT2D eigenvalue weighted by Gasteiger charge is -2.60. The highest BCUT2D eigenvalue weighted by Gasteiger charge is 2.61. The fourth-order valence-corrected chi connectivity index (χ4v) is 9.70. The van der Waals surface area contributed by atoms with Crippen LogP contribution in [0.2, 0.25) is 0 Å². The maximum Gasteiger partial charge on any atom is 0.334 e. The molecule has 205 valence electrons. The molecule has 0 spiro atoms. The average Bonchev–Trinajstić information content (AvgIpc) is 3.11. The van der Waals surface area contributed by atoms with Crippen molar-refractivity contribution in [1.29, 1.82) is 0 Å². The van der Waals surface area contributed by atoms with Crippen LogP contribution in [0.15, 0.2) is 22.8 Å². The van der Waals surface area contributed by atoms with Gasteiger partial charge in [-0.15, -0.1) is 0 Å². The Bertz CT molecular complexity index is 883. The summed E-state index contributed by atoms with van der Waals surface area (Å²) in [4.78, 5) is 12.6. The molecular formula is C32H56BO3. The highest BCUT2D eigenvalue weighted by atomic mass is 16.5. The number of aliphatic hydroxyl groups excluding tert-OH is 1. The molecule has 0 saturated heterocycles. The summed E-state index contributed by atoms with van der Waals surface area (Å²) in [6.45, 7) is 13.8. The Balaban J connectivity index is 0.00000171. The number of esters is 1. The van der Waals surface area contributed by atoms with E-state index < -0.39 is 0 Å². The molecule has 4 aliphatic carbocycles. The van der Waals surface area contributed by atoms with Crippen LogP contribution in [-0.2, 0) is 9.53 Å². The normalized spacial score (nSPS) is 44.4. The lowest BCUT2D eigenvalue weighted by atomic mass is 9.46. The van der Waals surface area contributed by atoms with E-state index in [1.807, 2.05) is 0 Å². The van der Waals surface area contributed by atoms with E-state index in [-0.39, 0.29) is 48.3 Å². The van der Waals surface area contributed by atoms with Gasteiger partial charge < -0.3 is 9.84 Å². The third-order valence-electron chi connectivity index (χ3n) is 11.6. The standard InChI is InChI=1S/C30H46O3.2CH4.B.H2/c1-7-21-18(3)16-26(33-28(21)32)19(4)23-10-11-24-22-9-8-20-14-17(2)15-27(31)30(20,6)25(22)12-13-29(23,24)5;;;;/h8,17,19,22-27,31H,7,9-16H2,1-6H3;2*1H4;;1H/t17-,19+,22?,23?,24?,25?,26?,27+,29-,30+;;;;/m1..../s1/i;;;;1+1. The first-order chi connectivity index (χ1) is 15.6. The molecule has 5 rings (SSSR count). The number of ether oxygens (including phenoxy) is 1. The van der Waals surface area contributed by atoms with Crippen molar-refractivity contribution in [2.45, 2.75) is 126 Å². The van der Waals surface area contributed by atoms with E-state index >= 15 is 0 Å². The zero-order valence-corrected chi connectivity index (χ0v) is 22.4. The molecule has 0 aromatic carbocycles. The molecule has 3 radical (unpaired) electrons. The summed E-state index contributed by atoms with van der Waals surface area (Å²) in [5.74, 6) is 3.60. The summed E-state index contributed by atoms with van der Waals surface area (Å²) >= 11 is 0. The first kappa shape index (κ1) is 31.2. The number of hydrogen-bond acceptors (Lipinski definition) is 3. The van der Waals surface area contributed by atoms with E-state index in [4.69, 9.17) is 4.74 Å². The molecule has 0 aromatic rings. The quantitative estimate of drug-likeness (QED) is 0.243. The van der Waals surface area contributed by atoms with Crippen LogP contribution in [0.3, 0.4) is 0 Å². The molecule has 36 heavy (non-hydrogen) atoms. The Morgan fingerprint density at radius 2 is 1.86 bits per heavy atom. The topological polar surface area (TPSA) is 46.5 Å². The van der Waals surface area contributed by atoms with Crippen LogP contribution in [0.5, 0.6) is 0 Å². The number of carbonyl (C=O) groups excluding carboxylic acids is 1. The SMILES string of the molecule is C.C.CCC1=C(C)CC([C@@H](C)C2CCC3C4CC=C5C[C@@H](C)C[C@H](O)[C@]5(C)C4CC[C@@]32C)OC1=O.[2HH].[B]. The first-order valence-electron chi connectivity index (χ1n) is 13.9. The minimum Gasteiger partial charge on any atom is -0.458 e. The van der Waals surface area contributed by atoms with Crippen molar-refractivity contribution in [2.75, 3.05) is 0 Å². The Morgan fingerprint density at radius 1 is 1.17 bits per heavy atom. The van der Waals surface area contributed by atoms with Gasteiger partial charge in [0.1, 0.15) is 6.10 Å². The van der Waals surface area contributed by atoms with E-state index in [1.165, 1.54) is 44.1 Å². The Morgan fingerprint density at radius 3 is 2.50 bits per heavy atom. The highest BCUT2D eigenvalue weighted by Crippen LogP contribution is 2.67. The van der Waals surface area contributed by atoms with E-state index in [0.717, 1.165) is 30.8 Å². The van der Waals surface area contributed by atoms with Crippen molar-refractivity contribution in [2.24, 2.45) is 46.3 Å².